The van der Waals surface area contributed by atoms with Gasteiger partial charge >= 0.3 is 18.1 Å². The molecular weight excluding hydrogens is 487 g/mol. The van der Waals surface area contributed by atoms with Crippen LogP contribution in [0.5, 0.6) is 0 Å². The maximum absolute atomic E-state index is 13.2. The fraction of sp³-hybridized carbons (Fsp3) is 0.565. The molecule has 8 nitrogen and oxygen atoms in total. The van der Waals surface area contributed by atoms with E-state index in [1.165, 1.54) is 4.68 Å². The van der Waals surface area contributed by atoms with Crippen molar-refractivity contribution in [1.82, 2.24) is 9.78 Å². The van der Waals surface area contributed by atoms with E-state index in [1.54, 1.807) is 20.8 Å². The van der Waals surface area contributed by atoms with Gasteiger partial charge in [-0.05, 0) is 44.7 Å². The molecule has 12 heteroatoms. The Kier molecular flexibility index (Phi) is 8.24. The van der Waals surface area contributed by atoms with Crippen LogP contribution in [-0.4, -0.2) is 40.8 Å². The summed E-state index contributed by atoms with van der Waals surface area (Å²) in [4.78, 5) is 38.2. The zero-order valence-corrected chi connectivity index (χ0v) is 20.8. The Hall–Kier alpha value is -2.89. The molecule has 0 aromatic carbocycles. The van der Waals surface area contributed by atoms with Gasteiger partial charge in [-0.2, -0.15) is 18.3 Å². The second-order valence-electron chi connectivity index (χ2n) is 8.42. The van der Waals surface area contributed by atoms with E-state index < -0.39 is 35.6 Å². The second kappa shape index (κ2) is 10.8. The van der Waals surface area contributed by atoms with Gasteiger partial charge in [-0.3, -0.25) is 9.48 Å². The van der Waals surface area contributed by atoms with Crippen LogP contribution in [0.1, 0.15) is 82.9 Å². The molecule has 1 atom stereocenters. The number of nitrogens with zero attached hydrogens (tertiary/aromatic N) is 2. The molecule has 1 amide bonds. The minimum atomic E-state index is -4.58. The van der Waals surface area contributed by atoms with E-state index in [0.717, 1.165) is 30.2 Å². The van der Waals surface area contributed by atoms with Crippen LogP contribution in [0, 0.1) is 12.8 Å². The lowest BCUT2D eigenvalue weighted by atomic mass is 10.1. The topological polar surface area (TPSA) is 99.5 Å². The highest BCUT2D eigenvalue weighted by atomic mass is 32.1. The molecule has 1 saturated carbocycles. The van der Waals surface area contributed by atoms with Crippen molar-refractivity contribution < 1.29 is 37.0 Å². The molecule has 1 aliphatic carbocycles. The van der Waals surface area contributed by atoms with Crippen molar-refractivity contribution in [1.29, 1.82) is 0 Å². The first kappa shape index (κ1) is 26.7. The normalized spacial score (nSPS) is 14.5. The third kappa shape index (κ3) is 6.22. The summed E-state index contributed by atoms with van der Waals surface area (Å²) in [5, 5.41) is 6.47. The fourth-order valence-corrected chi connectivity index (χ4v) is 4.60. The van der Waals surface area contributed by atoms with Gasteiger partial charge in [0.15, 0.2) is 5.69 Å². The summed E-state index contributed by atoms with van der Waals surface area (Å²) in [7, 11) is 0. The molecule has 192 valence electrons. The first-order chi connectivity index (χ1) is 16.5. The van der Waals surface area contributed by atoms with Gasteiger partial charge in [0.2, 0.25) is 5.91 Å². The van der Waals surface area contributed by atoms with Gasteiger partial charge in [0, 0.05) is 11.6 Å². The lowest BCUT2D eigenvalue weighted by Gasteiger charge is -2.14. The number of ether oxygens (including phenoxy) is 2. The number of carbonyl (C=O) groups excluding carboxylic acids is 3. The molecule has 0 bridgehead atoms. The highest BCUT2D eigenvalue weighted by Crippen LogP contribution is 2.42. The van der Waals surface area contributed by atoms with Crippen molar-refractivity contribution in [3.05, 3.63) is 33.5 Å². The van der Waals surface area contributed by atoms with Crippen LogP contribution in [0.3, 0.4) is 0 Å². The summed E-state index contributed by atoms with van der Waals surface area (Å²) in [6.45, 7) is 6.83. The Balaban J connectivity index is 1.83. The van der Waals surface area contributed by atoms with Gasteiger partial charge in [0.25, 0.3) is 0 Å². The van der Waals surface area contributed by atoms with E-state index in [1.807, 2.05) is 6.92 Å². The Morgan fingerprint density at radius 3 is 2.49 bits per heavy atom. The predicted molar refractivity (Wildman–Crippen MR) is 123 cm³/mol. The smallest absolute Gasteiger partial charge is 0.435 e. The molecule has 2 aromatic rings. The summed E-state index contributed by atoms with van der Waals surface area (Å²) in [6, 6.07) is 1.04. The minimum absolute atomic E-state index is 0.000816. The van der Waals surface area contributed by atoms with Crippen LogP contribution >= 0.6 is 11.3 Å². The zero-order valence-electron chi connectivity index (χ0n) is 20.0. The van der Waals surface area contributed by atoms with Crippen molar-refractivity contribution in [2.24, 2.45) is 5.92 Å². The molecule has 2 heterocycles. The quantitative estimate of drug-likeness (QED) is 0.439. The Labute approximate surface area is 204 Å². The number of halogens is 3. The Morgan fingerprint density at radius 1 is 1.23 bits per heavy atom. The van der Waals surface area contributed by atoms with Crippen molar-refractivity contribution in [2.75, 3.05) is 18.5 Å². The van der Waals surface area contributed by atoms with E-state index >= 15 is 0 Å². The summed E-state index contributed by atoms with van der Waals surface area (Å²) >= 11 is 0.895. The SMILES string of the molecule is CCCOC(=O)c1c(NC(=O)C(C)Cn2nc(C(F)(F)F)cc2C2CC2)sc(C(=O)OCC)c1C. The van der Waals surface area contributed by atoms with Crippen molar-refractivity contribution in [3.8, 4) is 0 Å². The molecule has 35 heavy (non-hydrogen) atoms. The highest BCUT2D eigenvalue weighted by Gasteiger charge is 2.38. The van der Waals surface area contributed by atoms with Crippen LogP contribution in [0.4, 0.5) is 18.2 Å². The third-order valence-corrected chi connectivity index (χ3v) is 6.66. The standard InChI is InChI=1S/C23H28F3N3O5S/c1-5-9-34-21(31)17-13(4)18(22(32)33-6-2)35-20(17)27-19(30)12(3)11-29-15(14-7-8-14)10-16(28-29)23(24,25)26/h10,12,14H,5-9,11H2,1-4H3,(H,27,30). The first-order valence-electron chi connectivity index (χ1n) is 11.4. The fourth-order valence-electron chi connectivity index (χ4n) is 3.51. The van der Waals surface area contributed by atoms with E-state index in [-0.39, 0.29) is 41.1 Å². The number of esters is 2. The van der Waals surface area contributed by atoms with Gasteiger partial charge < -0.3 is 14.8 Å². The van der Waals surface area contributed by atoms with Crippen LogP contribution in [0.15, 0.2) is 6.07 Å². The maximum atomic E-state index is 13.2. The van der Waals surface area contributed by atoms with Crippen LogP contribution in [0.25, 0.3) is 0 Å². The summed E-state index contributed by atoms with van der Waals surface area (Å²) in [5.41, 5.74) is -0.141. The number of thiophene rings is 1. The number of hydrogen-bond acceptors (Lipinski definition) is 7. The first-order valence-corrected chi connectivity index (χ1v) is 12.2. The molecule has 0 spiro atoms. The van der Waals surface area contributed by atoms with Gasteiger partial charge in [0.05, 0.1) is 31.2 Å². The van der Waals surface area contributed by atoms with Crippen LogP contribution < -0.4 is 5.32 Å². The van der Waals surface area contributed by atoms with Crippen molar-refractivity contribution in [2.45, 2.75) is 65.6 Å². The van der Waals surface area contributed by atoms with Crippen LogP contribution in [0.2, 0.25) is 0 Å². The molecule has 3 rings (SSSR count). The summed E-state index contributed by atoms with van der Waals surface area (Å²) < 4.78 is 51.0. The summed E-state index contributed by atoms with van der Waals surface area (Å²) in [5.74, 6) is -2.62. The molecule has 0 saturated heterocycles. The Morgan fingerprint density at radius 2 is 1.91 bits per heavy atom. The van der Waals surface area contributed by atoms with Gasteiger partial charge in [-0.15, -0.1) is 11.3 Å². The van der Waals surface area contributed by atoms with Crippen LogP contribution in [-0.2, 0) is 27.0 Å². The molecule has 1 N–H and O–H groups in total. The molecule has 0 radical (unpaired) electrons. The van der Waals surface area contributed by atoms with Crippen molar-refractivity contribution >= 4 is 34.2 Å². The number of rotatable bonds is 10. The largest absolute Gasteiger partial charge is 0.462 e. The molecule has 1 unspecified atom stereocenters. The predicted octanol–water partition coefficient (Wildman–Crippen LogP) is 5.17. The lowest BCUT2D eigenvalue weighted by Crippen LogP contribution is -2.26. The number of alkyl halides is 3. The van der Waals surface area contributed by atoms with E-state index in [2.05, 4.69) is 10.4 Å². The number of anilines is 1. The third-order valence-electron chi connectivity index (χ3n) is 5.48. The lowest BCUT2D eigenvalue weighted by molar-refractivity contribution is -0.141. The number of amides is 1. The van der Waals surface area contributed by atoms with E-state index in [0.29, 0.717) is 17.7 Å². The molecule has 1 fully saturated rings. The average Bonchev–Trinajstić information content (AvgIpc) is 3.45. The summed E-state index contributed by atoms with van der Waals surface area (Å²) in [6.07, 6.45) is -2.44. The molecule has 2 aromatic heterocycles. The number of carbonyl (C=O) groups is 3. The van der Waals surface area contributed by atoms with Gasteiger partial charge in [-0.25, -0.2) is 9.59 Å². The van der Waals surface area contributed by atoms with E-state index in [4.69, 9.17) is 9.47 Å². The molecule has 1 aliphatic rings. The monoisotopic (exact) mass is 515 g/mol. The number of aromatic nitrogens is 2. The van der Waals surface area contributed by atoms with Gasteiger partial charge in [-0.1, -0.05) is 13.8 Å². The number of nitrogens with one attached hydrogen (secondary N) is 1. The second-order valence-corrected chi connectivity index (χ2v) is 9.44. The number of hydrogen-bond donors (Lipinski definition) is 1. The molecular formula is C23H28F3N3O5S. The average molecular weight is 516 g/mol. The maximum Gasteiger partial charge on any atom is 0.435 e. The highest BCUT2D eigenvalue weighted by molar-refractivity contribution is 7.18. The Bertz CT molecular complexity index is 1100. The van der Waals surface area contributed by atoms with Crippen molar-refractivity contribution in [3.63, 3.8) is 0 Å². The zero-order chi connectivity index (χ0) is 25.9. The van der Waals surface area contributed by atoms with Gasteiger partial charge in [0.1, 0.15) is 9.88 Å². The minimum Gasteiger partial charge on any atom is -0.462 e. The van der Waals surface area contributed by atoms with E-state index in [9.17, 15) is 27.6 Å². The molecule has 0 aliphatic heterocycles.